The highest BCUT2D eigenvalue weighted by Crippen LogP contribution is 2.26. The SMILES string of the molecule is CCCCCCCCCCCCCC/C=C\CCCCCCCCCCCCCCCCCCC(=O)NC(COC1OC(CO)C(O)C(OS(=O)(=O)O)C1O)C(O)/C=C/CCCCCCCCCCCCCCCCCC. The van der Waals surface area contributed by atoms with Gasteiger partial charge in [-0.3, -0.25) is 9.35 Å². The van der Waals surface area contributed by atoms with Crippen molar-refractivity contribution in [2.24, 2.45) is 0 Å². The highest BCUT2D eigenvalue weighted by Gasteiger charge is 2.48. The van der Waals surface area contributed by atoms with Crippen LogP contribution in [0.3, 0.4) is 0 Å². The Hall–Kier alpha value is -1.42. The number of aliphatic hydroxyl groups excluding tert-OH is 4. The molecule has 12 nitrogen and oxygen atoms in total. The largest absolute Gasteiger partial charge is 0.397 e. The number of nitrogens with one attached hydrogen (secondary N) is 1. The summed E-state index contributed by atoms with van der Waals surface area (Å²) in [6.45, 7) is 3.45. The molecule has 7 unspecified atom stereocenters. The van der Waals surface area contributed by atoms with Crippen LogP contribution in [0.25, 0.3) is 0 Å². The van der Waals surface area contributed by atoms with Gasteiger partial charge in [-0.05, 0) is 44.9 Å². The molecule has 0 aromatic heterocycles. The Kier molecular flexibility index (Phi) is 51.5. The van der Waals surface area contributed by atoms with Gasteiger partial charge in [0.2, 0.25) is 5.91 Å². The summed E-state index contributed by atoms with van der Waals surface area (Å²) in [6, 6.07) is -0.943. The molecule has 1 aliphatic heterocycles. The van der Waals surface area contributed by atoms with Crippen LogP contribution >= 0.6 is 0 Å². The van der Waals surface area contributed by atoms with Crippen LogP contribution in [0.15, 0.2) is 24.3 Å². The van der Waals surface area contributed by atoms with Crippen LogP contribution in [0, 0.1) is 0 Å². The fourth-order valence-electron chi connectivity index (χ4n) is 10.7. The summed E-state index contributed by atoms with van der Waals surface area (Å²) < 4.78 is 47.9. The highest BCUT2D eigenvalue weighted by molar-refractivity contribution is 7.80. The fourth-order valence-corrected chi connectivity index (χ4v) is 11.2. The first-order valence-corrected chi connectivity index (χ1v) is 34.1. The van der Waals surface area contributed by atoms with Gasteiger partial charge in [0.15, 0.2) is 6.29 Å². The zero-order valence-corrected chi connectivity index (χ0v) is 50.6. The average molecular weight is 1110 g/mol. The van der Waals surface area contributed by atoms with Crippen molar-refractivity contribution < 1.29 is 51.8 Å². The molecule has 1 rings (SSSR count). The minimum absolute atomic E-state index is 0.256. The van der Waals surface area contributed by atoms with Crippen molar-refractivity contribution in [2.75, 3.05) is 13.2 Å². The molecule has 13 heteroatoms. The lowest BCUT2D eigenvalue weighted by Gasteiger charge is -2.41. The maximum Gasteiger partial charge on any atom is 0.397 e. The number of rotatable bonds is 58. The fraction of sp³-hybridized carbons (Fsp3) is 0.922. The molecule has 1 heterocycles. The molecule has 0 aliphatic carbocycles. The van der Waals surface area contributed by atoms with Crippen LogP contribution in [-0.4, -0.2) is 95.4 Å². The van der Waals surface area contributed by atoms with E-state index in [1.54, 1.807) is 6.08 Å². The quantitative estimate of drug-likeness (QED) is 0.0193. The normalized spacial score (nSPS) is 19.0. The third-order valence-corrected chi connectivity index (χ3v) is 16.2. The van der Waals surface area contributed by atoms with Gasteiger partial charge in [0.05, 0.1) is 25.4 Å². The summed E-state index contributed by atoms with van der Waals surface area (Å²) in [5, 5.41) is 45.1. The summed E-state index contributed by atoms with van der Waals surface area (Å²) in [6.07, 6.45) is 59.6. The predicted molar refractivity (Wildman–Crippen MR) is 319 cm³/mol. The van der Waals surface area contributed by atoms with Crippen LogP contribution < -0.4 is 5.32 Å². The first kappa shape index (κ1) is 73.6. The monoisotopic (exact) mass is 1110 g/mol. The Morgan fingerprint density at radius 1 is 0.506 bits per heavy atom. The van der Waals surface area contributed by atoms with E-state index in [-0.39, 0.29) is 18.9 Å². The van der Waals surface area contributed by atoms with E-state index in [1.165, 1.54) is 257 Å². The Morgan fingerprint density at radius 3 is 1.17 bits per heavy atom. The second-order valence-corrected chi connectivity index (χ2v) is 24.1. The third-order valence-electron chi connectivity index (χ3n) is 15.7. The van der Waals surface area contributed by atoms with E-state index < -0.39 is 59.9 Å². The van der Waals surface area contributed by atoms with Crippen molar-refractivity contribution in [2.45, 2.75) is 365 Å². The van der Waals surface area contributed by atoms with E-state index >= 15 is 0 Å². The molecule has 0 bridgehead atoms. The topological polar surface area (TPSA) is 192 Å². The number of ether oxygens (including phenoxy) is 2. The number of hydrogen-bond donors (Lipinski definition) is 6. The van der Waals surface area contributed by atoms with Gasteiger partial charge in [0.1, 0.15) is 24.4 Å². The second kappa shape index (κ2) is 53.9. The first-order chi connectivity index (χ1) is 37.5. The first-order valence-electron chi connectivity index (χ1n) is 32.7. The minimum atomic E-state index is -5.09. The molecule has 0 aromatic carbocycles. The molecule has 6 N–H and O–H groups in total. The van der Waals surface area contributed by atoms with Crippen LogP contribution in [0.5, 0.6) is 0 Å². The summed E-state index contributed by atoms with van der Waals surface area (Å²) in [7, 11) is -5.09. The van der Waals surface area contributed by atoms with E-state index in [0.29, 0.717) is 6.42 Å². The van der Waals surface area contributed by atoms with E-state index in [9.17, 15) is 38.2 Å². The van der Waals surface area contributed by atoms with Gasteiger partial charge in [0, 0.05) is 6.42 Å². The molecule has 1 saturated heterocycles. The molecular weight excluding hydrogens is 991 g/mol. The number of aliphatic hydroxyl groups is 4. The zero-order chi connectivity index (χ0) is 56.1. The van der Waals surface area contributed by atoms with Gasteiger partial charge >= 0.3 is 10.4 Å². The molecule has 456 valence electrons. The number of allylic oxidation sites excluding steroid dienone is 3. The van der Waals surface area contributed by atoms with Crippen LogP contribution in [-0.2, 0) is 28.9 Å². The molecule has 0 saturated carbocycles. The Bertz CT molecular complexity index is 1450. The lowest BCUT2D eigenvalue weighted by Crippen LogP contribution is -2.61. The molecule has 0 radical (unpaired) electrons. The average Bonchev–Trinajstić information content (AvgIpc) is 3.41. The van der Waals surface area contributed by atoms with Crippen LogP contribution in [0.4, 0.5) is 0 Å². The summed E-state index contributed by atoms with van der Waals surface area (Å²) in [5.41, 5.74) is 0. The minimum Gasteiger partial charge on any atom is -0.394 e. The lowest BCUT2D eigenvalue weighted by molar-refractivity contribution is -0.298. The maximum atomic E-state index is 13.2. The Balaban J connectivity index is 2.24. The van der Waals surface area contributed by atoms with Crippen molar-refractivity contribution in [3.8, 4) is 0 Å². The maximum absolute atomic E-state index is 13.2. The number of carbonyl (C=O) groups excluding carboxylic acids is 1. The Morgan fingerprint density at radius 2 is 0.831 bits per heavy atom. The number of amides is 1. The van der Waals surface area contributed by atoms with Gasteiger partial charge in [-0.15, -0.1) is 0 Å². The van der Waals surface area contributed by atoms with Crippen LogP contribution in [0.2, 0.25) is 0 Å². The van der Waals surface area contributed by atoms with E-state index in [1.807, 2.05) is 6.08 Å². The van der Waals surface area contributed by atoms with Gasteiger partial charge in [-0.2, -0.15) is 8.42 Å². The van der Waals surface area contributed by atoms with Gasteiger partial charge in [-0.25, -0.2) is 4.18 Å². The van der Waals surface area contributed by atoms with Crippen molar-refractivity contribution in [1.29, 1.82) is 0 Å². The van der Waals surface area contributed by atoms with Crippen molar-refractivity contribution in [3.63, 3.8) is 0 Å². The number of unbranched alkanes of at least 4 members (excludes halogenated alkanes) is 44. The summed E-state index contributed by atoms with van der Waals surface area (Å²) in [5.74, 6) is -0.256. The highest BCUT2D eigenvalue weighted by atomic mass is 32.3. The number of carbonyl (C=O) groups is 1. The third kappa shape index (κ3) is 45.8. The molecular formula is C64H123NO11S. The van der Waals surface area contributed by atoms with Crippen LogP contribution in [0.1, 0.15) is 322 Å². The molecule has 1 fully saturated rings. The number of hydrogen-bond acceptors (Lipinski definition) is 10. The van der Waals surface area contributed by atoms with Gasteiger partial charge in [0.25, 0.3) is 0 Å². The van der Waals surface area contributed by atoms with E-state index in [4.69, 9.17) is 9.47 Å². The zero-order valence-electron chi connectivity index (χ0n) is 49.8. The molecule has 0 spiro atoms. The van der Waals surface area contributed by atoms with Crippen molar-refractivity contribution in [3.05, 3.63) is 24.3 Å². The van der Waals surface area contributed by atoms with Crippen molar-refractivity contribution in [1.82, 2.24) is 5.32 Å². The predicted octanol–water partition coefficient (Wildman–Crippen LogP) is 16.4. The molecule has 1 amide bonds. The molecule has 77 heavy (non-hydrogen) atoms. The van der Waals surface area contributed by atoms with E-state index in [0.717, 1.165) is 38.5 Å². The summed E-state index contributed by atoms with van der Waals surface area (Å²) in [4.78, 5) is 13.2. The smallest absolute Gasteiger partial charge is 0.394 e. The van der Waals surface area contributed by atoms with Gasteiger partial charge in [-0.1, -0.05) is 295 Å². The molecule has 7 atom stereocenters. The summed E-state index contributed by atoms with van der Waals surface area (Å²) >= 11 is 0. The lowest BCUT2D eigenvalue weighted by atomic mass is 9.99. The molecule has 1 aliphatic rings. The molecule has 0 aromatic rings. The van der Waals surface area contributed by atoms with Gasteiger partial charge < -0.3 is 35.2 Å². The second-order valence-electron chi connectivity index (χ2n) is 23.1. The Labute approximate surface area is 473 Å². The van der Waals surface area contributed by atoms with Crippen molar-refractivity contribution >= 4 is 16.3 Å². The van der Waals surface area contributed by atoms with E-state index in [2.05, 4.69) is 35.5 Å². The standard InChI is InChI=1S/C64H123NO11S/c1-3-5-7-9-11-13-15-17-19-21-23-24-25-26-27-28-29-30-31-32-33-34-35-36-38-40-42-44-46-48-50-52-54-60(68)65-57(56-74-64-62(70)63(76-77(71,72)73)61(69)59(55-66)75-64)58(67)53-51-49-47-45-43-41-39-37-22-20-18-16-14-12-10-8-6-4-2/h26-27,51,53,57-59,61-64,66-67,69-70H,3-25,28-50,52,54-56H2,1-2H3,(H,65,68)(H,71,72,73)/b27-26-,53-51+.